The summed E-state index contributed by atoms with van der Waals surface area (Å²) in [4.78, 5) is 14.3. The molecule has 0 aliphatic carbocycles. The van der Waals surface area contributed by atoms with Crippen LogP contribution in [-0.4, -0.2) is 35.6 Å². The summed E-state index contributed by atoms with van der Waals surface area (Å²) < 4.78 is 11.5. The molecule has 27 heavy (non-hydrogen) atoms. The highest BCUT2D eigenvalue weighted by molar-refractivity contribution is 7.80. The van der Waals surface area contributed by atoms with Gasteiger partial charge in [-0.25, -0.2) is 0 Å². The predicted octanol–water partition coefficient (Wildman–Crippen LogP) is 4.64. The standard InChI is InChI=1S/C20H27ClN2O3S/c1-6-9-26-19-15(21)10-14(11-16(19)25-8-3)18-17(13(5)24)12(4)23(7-2)20(27)22-18/h10-11,18H,6-9H2,1-5H3,(H,22,27). The van der Waals surface area contributed by atoms with Crippen LogP contribution in [0.2, 0.25) is 5.02 Å². The van der Waals surface area contributed by atoms with Crippen LogP contribution in [-0.2, 0) is 4.79 Å². The monoisotopic (exact) mass is 410 g/mol. The zero-order valence-corrected chi connectivity index (χ0v) is 18.1. The summed E-state index contributed by atoms with van der Waals surface area (Å²) in [6.45, 7) is 11.1. The molecule has 0 saturated carbocycles. The Morgan fingerprint density at radius 1 is 1.30 bits per heavy atom. The fourth-order valence-corrected chi connectivity index (χ4v) is 3.89. The predicted molar refractivity (Wildman–Crippen MR) is 113 cm³/mol. The third-order valence-corrected chi connectivity index (χ3v) is 5.03. The fourth-order valence-electron chi connectivity index (χ4n) is 3.23. The van der Waals surface area contributed by atoms with Crippen molar-refractivity contribution < 1.29 is 14.3 Å². The molecular weight excluding hydrogens is 384 g/mol. The molecule has 1 atom stereocenters. The highest BCUT2D eigenvalue weighted by atomic mass is 35.5. The van der Waals surface area contributed by atoms with Crippen LogP contribution in [0.1, 0.15) is 52.6 Å². The summed E-state index contributed by atoms with van der Waals surface area (Å²) in [5, 5.41) is 4.32. The number of ether oxygens (including phenoxy) is 2. The molecule has 1 aliphatic rings. The van der Waals surface area contributed by atoms with E-state index in [1.165, 1.54) is 0 Å². The van der Waals surface area contributed by atoms with Gasteiger partial charge in [-0.15, -0.1) is 0 Å². The molecule has 1 aliphatic heterocycles. The number of carbonyl (C=O) groups excluding carboxylic acids is 1. The van der Waals surface area contributed by atoms with Gasteiger partial charge in [0, 0.05) is 17.8 Å². The average molecular weight is 411 g/mol. The molecule has 0 amide bonds. The van der Waals surface area contributed by atoms with Crippen molar-refractivity contribution in [3.63, 3.8) is 0 Å². The second kappa shape index (κ2) is 9.42. The highest BCUT2D eigenvalue weighted by Gasteiger charge is 2.32. The first-order valence-corrected chi connectivity index (χ1v) is 10.0. The Bertz CT molecular complexity index is 764. The minimum Gasteiger partial charge on any atom is -0.490 e. The van der Waals surface area contributed by atoms with Crippen molar-refractivity contribution in [1.29, 1.82) is 0 Å². The summed E-state index contributed by atoms with van der Waals surface area (Å²) in [5.41, 5.74) is 2.35. The van der Waals surface area contributed by atoms with E-state index in [-0.39, 0.29) is 11.8 Å². The number of benzene rings is 1. The number of hydrogen-bond acceptors (Lipinski definition) is 4. The van der Waals surface area contributed by atoms with Gasteiger partial charge in [-0.1, -0.05) is 18.5 Å². The normalized spacial score (nSPS) is 17.0. The largest absolute Gasteiger partial charge is 0.490 e. The van der Waals surface area contributed by atoms with E-state index in [4.69, 9.17) is 33.3 Å². The van der Waals surface area contributed by atoms with E-state index in [1.807, 2.05) is 44.7 Å². The van der Waals surface area contributed by atoms with E-state index in [9.17, 15) is 4.79 Å². The van der Waals surface area contributed by atoms with Gasteiger partial charge in [-0.2, -0.15) is 0 Å². The molecule has 1 aromatic rings. The number of thiocarbonyl (C=S) groups is 1. The topological polar surface area (TPSA) is 50.8 Å². The van der Waals surface area contributed by atoms with E-state index >= 15 is 0 Å². The summed E-state index contributed by atoms with van der Waals surface area (Å²) in [6.07, 6.45) is 0.866. The molecule has 148 valence electrons. The maximum absolute atomic E-state index is 12.4. The first-order valence-electron chi connectivity index (χ1n) is 9.24. The lowest BCUT2D eigenvalue weighted by Gasteiger charge is -2.37. The lowest BCUT2D eigenvalue weighted by molar-refractivity contribution is -0.114. The molecule has 1 heterocycles. The molecular formula is C20H27ClN2O3S. The second-order valence-electron chi connectivity index (χ2n) is 6.29. The van der Waals surface area contributed by atoms with Gasteiger partial charge in [0.25, 0.3) is 0 Å². The van der Waals surface area contributed by atoms with Crippen molar-refractivity contribution in [3.8, 4) is 11.5 Å². The smallest absolute Gasteiger partial charge is 0.179 e. The molecule has 7 heteroatoms. The first kappa shape index (κ1) is 21.5. The first-order chi connectivity index (χ1) is 12.8. The third kappa shape index (κ3) is 4.55. The maximum Gasteiger partial charge on any atom is 0.179 e. The van der Waals surface area contributed by atoms with Crippen LogP contribution in [0.25, 0.3) is 0 Å². The SMILES string of the molecule is CCCOc1c(Cl)cc(C2NC(=S)N(CC)C(C)=C2C(C)=O)cc1OCC. The minimum atomic E-state index is -0.380. The van der Waals surface area contributed by atoms with Crippen molar-refractivity contribution in [2.45, 2.75) is 47.1 Å². The molecule has 1 unspecified atom stereocenters. The Hall–Kier alpha value is -1.79. The molecule has 0 fully saturated rings. The summed E-state index contributed by atoms with van der Waals surface area (Å²) in [5.74, 6) is 1.09. The van der Waals surface area contributed by atoms with Crippen molar-refractivity contribution in [2.24, 2.45) is 0 Å². The number of nitrogens with one attached hydrogen (secondary N) is 1. The van der Waals surface area contributed by atoms with Gasteiger partial charge < -0.3 is 19.7 Å². The number of halogens is 1. The number of allylic oxidation sites excluding steroid dienone is 1. The number of rotatable bonds is 8. The zero-order chi connectivity index (χ0) is 20.1. The Kier molecular flexibility index (Phi) is 7.50. The van der Waals surface area contributed by atoms with E-state index in [2.05, 4.69) is 5.32 Å². The van der Waals surface area contributed by atoms with Gasteiger partial charge in [0.05, 0.1) is 24.3 Å². The van der Waals surface area contributed by atoms with Crippen LogP contribution in [0, 0.1) is 0 Å². The summed E-state index contributed by atoms with van der Waals surface area (Å²) in [6, 6.07) is 3.31. The van der Waals surface area contributed by atoms with Crippen LogP contribution in [0.15, 0.2) is 23.4 Å². The van der Waals surface area contributed by atoms with Crippen LogP contribution >= 0.6 is 23.8 Å². The van der Waals surface area contributed by atoms with Gasteiger partial charge in [-0.05, 0) is 64.0 Å². The van der Waals surface area contributed by atoms with Crippen molar-refractivity contribution in [3.05, 3.63) is 34.0 Å². The van der Waals surface area contributed by atoms with Crippen molar-refractivity contribution in [2.75, 3.05) is 19.8 Å². The van der Waals surface area contributed by atoms with Crippen LogP contribution in [0.5, 0.6) is 11.5 Å². The highest BCUT2D eigenvalue weighted by Crippen LogP contribution is 2.41. The van der Waals surface area contributed by atoms with Crippen LogP contribution in [0.3, 0.4) is 0 Å². The molecule has 0 aromatic heterocycles. The van der Waals surface area contributed by atoms with Gasteiger partial charge in [0.2, 0.25) is 0 Å². The molecule has 2 rings (SSSR count). The number of Topliss-reactive ketones (excluding diaryl/α,β-unsaturated/α-hetero) is 1. The maximum atomic E-state index is 12.4. The van der Waals surface area contributed by atoms with Crippen molar-refractivity contribution >= 4 is 34.7 Å². The van der Waals surface area contributed by atoms with E-state index in [0.29, 0.717) is 47.0 Å². The van der Waals surface area contributed by atoms with E-state index in [0.717, 1.165) is 17.7 Å². The Morgan fingerprint density at radius 3 is 2.56 bits per heavy atom. The Labute approximate surface area is 171 Å². The lowest BCUT2D eigenvalue weighted by Crippen LogP contribution is -2.47. The van der Waals surface area contributed by atoms with Crippen LogP contribution in [0.4, 0.5) is 0 Å². The second-order valence-corrected chi connectivity index (χ2v) is 7.09. The minimum absolute atomic E-state index is 0.00802. The molecule has 0 spiro atoms. The fraction of sp³-hybridized carbons (Fsp3) is 0.500. The molecule has 1 N–H and O–H groups in total. The summed E-state index contributed by atoms with van der Waals surface area (Å²) in [7, 11) is 0. The number of hydrogen-bond donors (Lipinski definition) is 1. The summed E-state index contributed by atoms with van der Waals surface area (Å²) >= 11 is 12.0. The van der Waals surface area contributed by atoms with Gasteiger partial charge >= 0.3 is 0 Å². The molecule has 5 nitrogen and oxygen atoms in total. The zero-order valence-electron chi connectivity index (χ0n) is 16.5. The molecule has 0 radical (unpaired) electrons. The van der Waals surface area contributed by atoms with E-state index < -0.39 is 0 Å². The third-order valence-electron chi connectivity index (χ3n) is 4.41. The average Bonchev–Trinajstić information content (AvgIpc) is 2.60. The Morgan fingerprint density at radius 2 is 2.00 bits per heavy atom. The van der Waals surface area contributed by atoms with E-state index in [1.54, 1.807) is 6.92 Å². The number of carbonyl (C=O) groups is 1. The molecule has 0 saturated heterocycles. The van der Waals surface area contributed by atoms with Gasteiger partial charge in [0.1, 0.15) is 0 Å². The van der Waals surface area contributed by atoms with Gasteiger partial charge in [0.15, 0.2) is 22.4 Å². The van der Waals surface area contributed by atoms with Gasteiger partial charge in [-0.3, -0.25) is 4.79 Å². The number of nitrogens with zero attached hydrogens (tertiary/aromatic N) is 1. The quantitative estimate of drug-likeness (QED) is 0.630. The number of ketones is 1. The molecule has 0 bridgehead atoms. The Balaban J connectivity index is 2.57. The van der Waals surface area contributed by atoms with Crippen LogP contribution < -0.4 is 14.8 Å². The molecule has 1 aromatic carbocycles. The van der Waals surface area contributed by atoms with Crippen molar-refractivity contribution in [1.82, 2.24) is 10.2 Å². The lowest BCUT2D eigenvalue weighted by atomic mass is 9.92.